The zero-order chi connectivity index (χ0) is 29.0. The Balaban J connectivity index is 1.48. The summed E-state index contributed by atoms with van der Waals surface area (Å²) in [4.78, 5) is 19.1. The van der Waals surface area contributed by atoms with Gasteiger partial charge in [-0.15, -0.1) is 0 Å². The lowest BCUT2D eigenvalue weighted by atomic mass is 10.0. The summed E-state index contributed by atoms with van der Waals surface area (Å²) in [6.07, 6.45) is 7.19. The van der Waals surface area contributed by atoms with Crippen molar-refractivity contribution in [3.8, 4) is 34.2 Å². The number of para-hydroxylation sites is 4. The van der Waals surface area contributed by atoms with Gasteiger partial charge in [-0.3, -0.25) is 0 Å². The van der Waals surface area contributed by atoms with Gasteiger partial charge in [-0.2, -0.15) is 0 Å². The first-order valence-electron chi connectivity index (χ1n) is 14.6. The summed E-state index contributed by atoms with van der Waals surface area (Å²) in [7, 11) is 0. The lowest BCUT2D eigenvalue weighted by molar-refractivity contribution is 1.10. The molecular formula is C38H24N6. The smallest absolute Gasteiger partial charge is 0.161 e. The molecule has 0 saturated carbocycles. The van der Waals surface area contributed by atoms with E-state index in [1.165, 1.54) is 21.5 Å². The van der Waals surface area contributed by atoms with Crippen LogP contribution in [0.2, 0.25) is 0 Å². The SMILES string of the molecule is c1cnc(-c2cc(-n3c4ccccc4c4ccccc43)c(-c3ncccn3)cc2-n2c3ccccc3c3ccccc32)nc1. The van der Waals surface area contributed by atoms with Crippen molar-refractivity contribution in [2.45, 2.75) is 0 Å². The molecule has 9 aromatic rings. The van der Waals surface area contributed by atoms with Gasteiger partial charge in [-0.25, -0.2) is 19.9 Å². The van der Waals surface area contributed by atoms with Gasteiger partial charge in [0.2, 0.25) is 0 Å². The molecule has 6 heteroatoms. The number of fused-ring (bicyclic) bond motifs is 6. The van der Waals surface area contributed by atoms with Crippen molar-refractivity contribution >= 4 is 43.6 Å². The lowest BCUT2D eigenvalue weighted by Gasteiger charge is -2.19. The Labute approximate surface area is 252 Å². The molecule has 4 heterocycles. The number of hydrogen-bond donors (Lipinski definition) is 0. The summed E-state index contributed by atoms with van der Waals surface area (Å²) in [5.41, 5.74) is 8.17. The van der Waals surface area contributed by atoms with Gasteiger partial charge >= 0.3 is 0 Å². The summed E-state index contributed by atoms with van der Waals surface area (Å²) in [6.45, 7) is 0. The van der Waals surface area contributed by atoms with Crippen LogP contribution in [0.3, 0.4) is 0 Å². The molecule has 0 aliphatic carbocycles. The van der Waals surface area contributed by atoms with Crippen molar-refractivity contribution in [1.29, 1.82) is 0 Å². The topological polar surface area (TPSA) is 61.4 Å². The van der Waals surface area contributed by atoms with Crippen molar-refractivity contribution in [3.63, 3.8) is 0 Å². The monoisotopic (exact) mass is 564 g/mol. The number of benzene rings is 5. The molecule has 206 valence electrons. The molecule has 0 aliphatic rings. The molecule has 0 bridgehead atoms. The Morgan fingerprint density at radius 1 is 0.341 bits per heavy atom. The van der Waals surface area contributed by atoms with Crippen LogP contribution >= 0.6 is 0 Å². The van der Waals surface area contributed by atoms with Crippen LogP contribution in [-0.4, -0.2) is 29.1 Å². The molecular weight excluding hydrogens is 540 g/mol. The maximum absolute atomic E-state index is 4.76. The summed E-state index contributed by atoms with van der Waals surface area (Å²) < 4.78 is 4.64. The van der Waals surface area contributed by atoms with E-state index in [0.29, 0.717) is 11.6 Å². The molecule has 4 aromatic heterocycles. The Morgan fingerprint density at radius 2 is 0.636 bits per heavy atom. The molecule has 0 amide bonds. The fourth-order valence-corrected chi connectivity index (χ4v) is 6.55. The predicted molar refractivity (Wildman–Crippen MR) is 177 cm³/mol. The van der Waals surface area contributed by atoms with Gasteiger partial charge in [-0.05, 0) is 48.5 Å². The van der Waals surface area contributed by atoms with E-state index in [1.54, 1.807) is 24.8 Å². The molecule has 44 heavy (non-hydrogen) atoms. The van der Waals surface area contributed by atoms with Crippen LogP contribution in [0.1, 0.15) is 0 Å². The van der Waals surface area contributed by atoms with Gasteiger partial charge in [0.25, 0.3) is 0 Å². The lowest BCUT2D eigenvalue weighted by Crippen LogP contribution is -2.05. The van der Waals surface area contributed by atoms with Gasteiger partial charge in [0.15, 0.2) is 11.6 Å². The van der Waals surface area contributed by atoms with E-state index in [9.17, 15) is 0 Å². The number of nitrogens with zero attached hydrogens (tertiary/aromatic N) is 6. The maximum Gasteiger partial charge on any atom is 0.161 e. The fraction of sp³-hybridized carbons (Fsp3) is 0. The Morgan fingerprint density at radius 3 is 0.955 bits per heavy atom. The van der Waals surface area contributed by atoms with Gasteiger partial charge in [0.05, 0.1) is 33.4 Å². The van der Waals surface area contributed by atoms with E-state index in [-0.39, 0.29) is 0 Å². The van der Waals surface area contributed by atoms with Crippen molar-refractivity contribution in [2.24, 2.45) is 0 Å². The van der Waals surface area contributed by atoms with Gasteiger partial charge in [-0.1, -0.05) is 72.8 Å². The fourth-order valence-electron chi connectivity index (χ4n) is 6.55. The first kappa shape index (κ1) is 24.5. The van der Waals surface area contributed by atoms with Crippen molar-refractivity contribution in [2.75, 3.05) is 0 Å². The highest BCUT2D eigenvalue weighted by molar-refractivity contribution is 6.11. The maximum atomic E-state index is 4.76. The molecule has 0 aliphatic heterocycles. The van der Waals surface area contributed by atoms with E-state index in [2.05, 4.69) is 118 Å². The minimum Gasteiger partial charge on any atom is -0.308 e. The first-order chi connectivity index (χ1) is 21.9. The standard InChI is InChI=1S/C38H24N6/c1-5-15-31-25(11-1)26-12-2-6-16-32(26)43(31)35-23-30(38-41-21-10-22-42-38)36(24-29(35)37-39-19-9-20-40-37)44-33-17-7-3-13-27(33)28-14-4-8-18-34(28)44/h1-24H. The number of hydrogen-bond acceptors (Lipinski definition) is 4. The third-order valence-electron chi connectivity index (χ3n) is 8.37. The average Bonchev–Trinajstić information content (AvgIpc) is 3.62. The quantitative estimate of drug-likeness (QED) is 0.214. The number of rotatable bonds is 4. The molecule has 6 nitrogen and oxygen atoms in total. The Kier molecular flexibility index (Phi) is 5.40. The minimum absolute atomic E-state index is 0.645. The van der Waals surface area contributed by atoms with Crippen molar-refractivity contribution in [3.05, 3.63) is 146 Å². The minimum atomic E-state index is 0.645. The molecule has 0 N–H and O–H groups in total. The van der Waals surface area contributed by atoms with Crippen LogP contribution in [-0.2, 0) is 0 Å². The van der Waals surface area contributed by atoms with E-state index in [4.69, 9.17) is 19.9 Å². The molecule has 5 aromatic carbocycles. The zero-order valence-electron chi connectivity index (χ0n) is 23.5. The largest absolute Gasteiger partial charge is 0.308 e. The predicted octanol–water partition coefficient (Wildman–Crippen LogP) is 8.79. The van der Waals surface area contributed by atoms with Crippen LogP contribution in [0.15, 0.2) is 146 Å². The van der Waals surface area contributed by atoms with E-state index < -0.39 is 0 Å². The first-order valence-corrected chi connectivity index (χ1v) is 14.6. The van der Waals surface area contributed by atoms with Gasteiger partial charge in [0, 0.05) is 57.5 Å². The number of aromatic nitrogens is 6. The molecule has 0 radical (unpaired) electrons. The van der Waals surface area contributed by atoms with Crippen molar-refractivity contribution < 1.29 is 0 Å². The third-order valence-corrected chi connectivity index (χ3v) is 8.37. The zero-order valence-corrected chi connectivity index (χ0v) is 23.5. The van der Waals surface area contributed by atoms with Crippen LogP contribution < -0.4 is 0 Å². The van der Waals surface area contributed by atoms with Crippen LogP contribution in [0, 0.1) is 0 Å². The van der Waals surface area contributed by atoms with Crippen LogP contribution in [0.5, 0.6) is 0 Å². The second-order valence-electron chi connectivity index (χ2n) is 10.8. The van der Waals surface area contributed by atoms with Crippen LogP contribution in [0.25, 0.3) is 77.8 Å². The molecule has 0 saturated heterocycles. The van der Waals surface area contributed by atoms with Gasteiger partial charge in [0.1, 0.15) is 0 Å². The average molecular weight is 565 g/mol. The van der Waals surface area contributed by atoms with Crippen LogP contribution in [0.4, 0.5) is 0 Å². The Hall–Kier alpha value is -6.14. The second-order valence-corrected chi connectivity index (χ2v) is 10.8. The van der Waals surface area contributed by atoms with Gasteiger partial charge < -0.3 is 9.13 Å². The summed E-state index contributed by atoms with van der Waals surface area (Å²) >= 11 is 0. The highest BCUT2D eigenvalue weighted by atomic mass is 15.0. The summed E-state index contributed by atoms with van der Waals surface area (Å²) in [5.74, 6) is 1.29. The Bertz CT molecular complexity index is 2210. The normalized spacial score (nSPS) is 11.6. The molecule has 0 unspecified atom stereocenters. The third kappa shape index (κ3) is 3.61. The molecule has 0 spiro atoms. The van der Waals surface area contributed by atoms with E-state index >= 15 is 0 Å². The van der Waals surface area contributed by atoms with E-state index in [1.807, 2.05) is 12.1 Å². The molecule has 0 atom stereocenters. The van der Waals surface area contributed by atoms with E-state index in [0.717, 1.165) is 44.6 Å². The highest BCUT2D eigenvalue weighted by Gasteiger charge is 2.23. The second kappa shape index (κ2) is 9.71. The highest BCUT2D eigenvalue weighted by Crippen LogP contribution is 2.41. The van der Waals surface area contributed by atoms with Crippen molar-refractivity contribution in [1.82, 2.24) is 29.1 Å². The molecule has 0 fully saturated rings. The summed E-state index contributed by atoms with van der Waals surface area (Å²) in [5, 5.41) is 4.75. The summed E-state index contributed by atoms with van der Waals surface area (Å²) in [6, 6.07) is 42.2. The molecule has 9 rings (SSSR count).